The lowest BCUT2D eigenvalue weighted by Crippen LogP contribution is -2.46. The van der Waals surface area contributed by atoms with Crippen LogP contribution in [0.1, 0.15) is 65.7 Å². The Hall–Kier alpha value is -0.0800. The summed E-state index contributed by atoms with van der Waals surface area (Å²) in [6.07, 6.45) is 7.85. The second-order valence-corrected chi connectivity index (χ2v) is 7.13. The van der Waals surface area contributed by atoms with Crippen LogP contribution in [0.25, 0.3) is 0 Å². The Bertz CT molecular complexity index is 258. The fourth-order valence-corrected chi connectivity index (χ4v) is 3.76. The molecule has 0 radical (unpaired) electrons. The Morgan fingerprint density at radius 2 is 1.89 bits per heavy atom. The van der Waals surface area contributed by atoms with Gasteiger partial charge in [0.1, 0.15) is 0 Å². The zero-order valence-corrected chi connectivity index (χ0v) is 12.4. The highest BCUT2D eigenvalue weighted by Gasteiger charge is 2.43. The molecule has 1 unspecified atom stereocenters. The third-order valence-corrected chi connectivity index (χ3v) is 5.79. The smallest absolute Gasteiger partial charge is 0.0698 e. The average molecular weight is 254 g/mol. The van der Waals surface area contributed by atoms with Gasteiger partial charge in [-0.05, 0) is 49.9 Å². The Labute approximate surface area is 112 Å². The summed E-state index contributed by atoms with van der Waals surface area (Å²) >= 11 is 0. The molecule has 1 atom stereocenters. The van der Waals surface area contributed by atoms with Gasteiger partial charge in [-0.3, -0.25) is 0 Å². The summed E-state index contributed by atoms with van der Waals surface area (Å²) in [5.74, 6) is 1.17. The zero-order chi connectivity index (χ0) is 13.2. The quantitative estimate of drug-likeness (QED) is 0.830. The van der Waals surface area contributed by atoms with Crippen LogP contribution in [0.4, 0.5) is 0 Å². The molecule has 2 nitrogen and oxygen atoms in total. The van der Waals surface area contributed by atoms with Crippen molar-refractivity contribution in [2.24, 2.45) is 17.3 Å². The summed E-state index contributed by atoms with van der Waals surface area (Å²) in [4.78, 5) is 0. The molecule has 2 rings (SSSR count). The lowest BCUT2D eigenvalue weighted by molar-refractivity contribution is -0.111. The summed E-state index contributed by atoms with van der Waals surface area (Å²) in [6, 6.07) is 0. The van der Waals surface area contributed by atoms with E-state index in [4.69, 9.17) is 4.74 Å². The highest BCUT2D eigenvalue weighted by Crippen LogP contribution is 2.46. The maximum absolute atomic E-state index is 10.9. The van der Waals surface area contributed by atoms with Crippen molar-refractivity contribution in [2.45, 2.75) is 71.3 Å². The van der Waals surface area contributed by atoms with E-state index < -0.39 is 5.60 Å². The van der Waals surface area contributed by atoms with Gasteiger partial charge in [0.05, 0.1) is 12.2 Å². The van der Waals surface area contributed by atoms with Gasteiger partial charge in [0, 0.05) is 12.5 Å². The van der Waals surface area contributed by atoms with Gasteiger partial charge in [0.25, 0.3) is 0 Å². The first-order valence-corrected chi connectivity index (χ1v) is 7.78. The maximum atomic E-state index is 10.9. The lowest BCUT2D eigenvalue weighted by Gasteiger charge is -2.46. The fourth-order valence-electron chi connectivity index (χ4n) is 3.76. The molecular formula is C16H30O2. The predicted molar refractivity (Wildman–Crippen MR) is 74.5 cm³/mol. The van der Waals surface area contributed by atoms with Crippen LogP contribution in [0.15, 0.2) is 0 Å². The van der Waals surface area contributed by atoms with Crippen LogP contribution >= 0.6 is 0 Å². The average Bonchev–Trinajstić information content (AvgIpc) is 2.40. The van der Waals surface area contributed by atoms with Crippen LogP contribution in [0.3, 0.4) is 0 Å². The normalized spacial score (nSPS) is 38.7. The second-order valence-electron chi connectivity index (χ2n) is 7.13. The van der Waals surface area contributed by atoms with Crippen molar-refractivity contribution in [1.82, 2.24) is 0 Å². The van der Waals surface area contributed by atoms with Crippen LogP contribution in [-0.2, 0) is 4.74 Å². The summed E-state index contributed by atoms with van der Waals surface area (Å²) in [6.45, 7) is 8.71. The van der Waals surface area contributed by atoms with Gasteiger partial charge in [-0.15, -0.1) is 0 Å². The van der Waals surface area contributed by atoms with Crippen molar-refractivity contribution in [3.8, 4) is 0 Å². The molecule has 18 heavy (non-hydrogen) atoms. The molecule has 1 aliphatic heterocycles. The molecule has 0 spiro atoms. The monoisotopic (exact) mass is 254 g/mol. The fraction of sp³-hybridized carbons (Fsp3) is 1.00. The van der Waals surface area contributed by atoms with Crippen molar-refractivity contribution >= 4 is 0 Å². The van der Waals surface area contributed by atoms with Gasteiger partial charge in [-0.1, -0.05) is 27.2 Å². The van der Waals surface area contributed by atoms with Crippen molar-refractivity contribution < 1.29 is 9.84 Å². The van der Waals surface area contributed by atoms with Crippen molar-refractivity contribution in [1.29, 1.82) is 0 Å². The van der Waals surface area contributed by atoms with Crippen LogP contribution < -0.4 is 0 Å². The zero-order valence-electron chi connectivity index (χ0n) is 12.4. The van der Waals surface area contributed by atoms with E-state index in [0.717, 1.165) is 44.8 Å². The Balaban J connectivity index is 1.92. The molecule has 2 heteroatoms. The molecule has 0 bridgehead atoms. The summed E-state index contributed by atoms with van der Waals surface area (Å²) in [5.41, 5.74) is 0.00510. The molecule has 1 heterocycles. The number of rotatable bonds is 3. The SMILES string of the molecule is CCC(C)(C)C1CCC(O)(C2CCCOC2)CC1. The van der Waals surface area contributed by atoms with Crippen LogP contribution in [-0.4, -0.2) is 23.9 Å². The van der Waals surface area contributed by atoms with E-state index in [2.05, 4.69) is 20.8 Å². The topological polar surface area (TPSA) is 29.5 Å². The number of aliphatic hydroxyl groups is 1. The summed E-state index contributed by atoms with van der Waals surface area (Å²) in [5, 5.41) is 10.9. The predicted octanol–water partition coefficient (Wildman–Crippen LogP) is 3.77. The van der Waals surface area contributed by atoms with Gasteiger partial charge < -0.3 is 9.84 Å². The first kappa shape index (κ1) is 14.3. The third-order valence-electron chi connectivity index (χ3n) is 5.79. The maximum Gasteiger partial charge on any atom is 0.0698 e. The molecule has 1 aliphatic carbocycles. The number of ether oxygens (including phenoxy) is 1. The summed E-state index contributed by atoms with van der Waals surface area (Å²) < 4.78 is 5.56. The molecule has 1 saturated heterocycles. The Kier molecular flexibility index (Phi) is 4.38. The van der Waals surface area contributed by atoms with E-state index >= 15 is 0 Å². The van der Waals surface area contributed by atoms with Gasteiger partial charge in [0.2, 0.25) is 0 Å². The van der Waals surface area contributed by atoms with Crippen LogP contribution in [0.5, 0.6) is 0 Å². The molecule has 0 amide bonds. The highest BCUT2D eigenvalue weighted by molar-refractivity contribution is 4.94. The minimum atomic E-state index is -0.430. The molecule has 0 aromatic heterocycles. The largest absolute Gasteiger partial charge is 0.390 e. The molecule has 2 aliphatic rings. The van der Waals surface area contributed by atoms with Crippen LogP contribution in [0.2, 0.25) is 0 Å². The number of hydrogen-bond donors (Lipinski definition) is 1. The van der Waals surface area contributed by atoms with Crippen molar-refractivity contribution in [3.05, 3.63) is 0 Å². The van der Waals surface area contributed by atoms with E-state index in [9.17, 15) is 5.11 Å². The second kappa shape index (κ2) is 5.50. The lowest BCUT2D eigenvalue weighted by atomic mass is 9.63. The molecule has 2 fully saturated rings. The molecular weight excluding hydrogens is 224 g/mol. The molecule has 0 aromatic rings. The van der Waals surface area contributed by atoms with Crippen molar-refractivity contribution in [2.75, 3.05) is 13.2 Å². The van der Waals surface area contributed by atoms with Gasteiger partial charge in [-0.2, -0.15) is 0 Å². The van der Waals surface area contributed by atoms with Gasteiger partial charge in [0.15, 0.2) is 0 Å². The first-order chi connectivity index (χ1) is 8.48. The van der Waals surface area contributed by atoms with E-state index in [0.29, 0.717) is 11.3 Å². The third kappa shape index (κ3) is 2.91. The Morgan fingerprint density at radius 1 is 1.22 bits per heavy atom. The van der Waals surface area contributed by atoms with Gasteiger partial charge >= 0.3 is 0 Å². The molecule has 1 N–H and O–H groups in total. The van der Waals surface area contributed by atoms with E-state index in [1.54, 1.807) is 0 Å². The Morgan fingerprint density at radius 3 is 2.39 bits per heavy atom. The number of hydrogen-bond acceptors (Lipinski definition) is 2. The highest BCUT2D eigenvalue weighted by atomic mass is 16.5. The first-order valence-electron chi connectivity index (χ1n) is 7.78. The minimum Gasteiger partial charge on any atom is -0.390 e. The van der Waals surface area contributed by atoms with Crippen LogP contribution in [0, 0.1) is 17.3 Å². The van der Waals surface area contributed by atoms with E-state index in [-0.39, 0.29) is 0 Å². The van der Waals surface area contributed by atoms with E-state index in [1.165, 1.54) is 19.3 Å². The van der Waals surface area contributed by atoms with Crippen molar-refractivity contribution in [3.63, 3.8) is 0 Å². The molecule has 1 saturated carbocycles. The standard InChI is InChI=1S/C16H30O2/c1-4-15(2,3)13-7-9-16(17,10-8-13)14-6-5-11-18-12-14/h13-14,17H,4-12H2,1-3H3. The van der Waals surface area contributed by atoms with Gasteiger partial charge in [-0.25, -0.2) is 0 Å². The molecule has 0 aromatic carbocycles. The summed E-state index contributed by atoms with van der Waals surface area (Å²) in [7, 11) is 0. The minimum absolute atomic E-state index is 0.386. The molecule has 106 valence electrons. The van der Waals surface area contributed by atoms with E-state index in [1.807, 2.05) is 0 Å².